The van der Waals surface area contributed by atoms with Crippen molar-refractivity contribution in [2.45, 2.75) is 35.6 Å². The number of fused-ring (bicyclic) bond motifs is 2. The summed E-state index contributed by atoms with van der Waals surface area (Å²) in [6.45, 7) is 1.42. The lowest BCUT2D eigenvalue weighted by molar-refractivity contribution is -0.150. The Balaban J connectivity index is 1.10. The first-order valence-electron chi connectivity index (χ1n) is 12.7. The molecular weight excluding hydrogens is 522 g/mol. The van der Waals surface area contributed by atoms with Gasteiger partial charge in [0.25, 0.3) is 5.91 Å². The molecule has 0 spiro atoms. The van der Waals surface area contributed by atoms with Gasteiger partial charge in [0.15, 0.2) is 0 Å². The van der Waals surface area contributed by atoms with Crippen LogP contribution in [-0.4, -0.2) is 74.6 Å². The van der Waals surface area contributed by atoms with Crippen LogP contribution in [0.3, 0.4) is 0 Å². The number of aliphatic carboxylic acids is 1. The van der Waals surface area contributed by atoms with Crippen LogP contribution < -0.4 is 5.32 Å². The van der Waals surface area contributed by atoms with E-state index in [-0.39, 0.29) is 23.3 Å². The fourth-order valence-electron chi connectivity index (χ4n) is 5.17. The molecule has 2 unspecified atom stereocenters. The van der Waals surface area contributed by atoms with Gasteiger partial charge in [-0.3, -0.25) is 19.3 Å². The number of benzene rings is 2. The van der Waals surface area contributed by atoms with Crippen molar-refractivity contribution in [3.63, 3.8) is 0 Å². The summed E-state index contributed by atoms with van der Waals surface area (Å²) in [5.41, 5.74) is 0.984. The molecule has 4 aliphatic rings. The van der Waals surface area contributed by atoms with Crippen molar-refractivity contribution < 1.29 is 24.3 Å². The molecular formula is C28H27N3O5S2. The second-order valence-corrected chi connectivity index (χ2v) is 12.2. The highest BCUT2D eigenvalue weighted by Crippen LogP contribution is 2.41. The Bertz CT molecular complexity index is 1420. The number of carbonyl (C=O) groups excluding carboxylic acids is 3. The number of β-lactam (4-membered cyclic amide) rings is 1. The van der Waals surface area contributed by atoms with E-state index in [1.54, 1.807) is 6.08 Å². The van der Waals surface area contributed by atoms with Crippen molar-refractivity contribution in [3.8, 4) is 0 Å². The average Bonchev–Trinajstić information content (AvgIpc) is 3.68. The number of nitrogens with one attached hydrogen (secondary N) is 1. The average molecular weight is 550 g/mol. The molecule has 0 aromatic heterocycles. The minimum atomic E-state index is -1.20. The van der Waals surface area contributed by atoms with Crippen molar-refractivity contribution in [1.29, 1.82) is 0 Å². The van der Waals surface area contributed by atoms with Crippen molar-refractivity contribution in [3.05, 3.63) is 65.4 Å². The van der Waals surface area contributed by atoms with Gasteiger partial charge in [-0.15, -0.1) is 23.5 Å². The summed E-state index contributed by atoms with van der Waals surface area (Å²) in [4.78, 5) is 54.7. The molecule has 38 heavy (non-hydrogen) atoms. The van der Waals surface area contributed by atoms with Crippen LogP contribution in [0.1, 0.15) is 19.3 Å². The van der Waals surface area contributed by atoms with Crippen molar-refractivity contribution in [1.82, 2.24) is 15.1 Å². The second-order valence-electron chi connectivity index (χ2n) is 10.0. The minimum absolute atomic E-state index is 0.0368. The number of amides is 3. The summed E-state index contributed by atoms with van der Waals surface area (Å²) in [5, 5.41) is 14.5. The van der Waals surface area contributed by atoms with Gasteiger partial charge in [-0.1, -0.05) is 30.3 Å². The van der Waals surface area contributed by atoms with E-state index in [1.165, 1.54) is 28.4 Å². The lowest BCUT2D eigenvalue weighted by atomic mass is 10.0. The monoisotopic (exact) mass is 549 g/mol. The third kappa shape index (κ3) is 4.82. The molecule has 8 nitrogen and oxygen atoms in total. The maximum Gasteiger partial charge on any atom is 0.352 e. The Morgan fingerprint density at radius 3 is 2.68 bits per heavy atom. The number of carboxylic acid groups (broad SMARTS) is 1. The number of thioether (sulfide) groups is 2. The Kier molecular flexibility index (Phi) is 6.69. The van der Waals surface area contributed by atoms with E-state index >= 15 is 0 Å². The fourth-order valence-corrected chi connectivity index (χ4v) is 7.23. The topological polar surface area (TPSA) is 107 Å². The molecule has 2 aromatic carbocycles. The molecule has 2 aromatic rings. The Hall–Kier alpha value is -3.24. The van der Waals surface area contributed by atoms with Crippen LogP contribution in [0.4, 0.5) is 0 Å². The standard InChI is InChI=1S/C28H27N3O5S2/c32-22(15-37-21-8-7-17-3-1-2-4-18(17)12-21)29-23-26(34)31-24(28(35)36)20(14-38-27(23)31)11-19-9-10-30(25(19)33)13-16-5-6-16/h1-4,7-8,11-12,16,23,27H,5-6,9-10,13-15H2,(H,29,32)(H,35,36)/b19-11+. The summed E-state index contributed by atoms with van der Waals surface area (Å²) >= 11 is 2.80. The number of rotatable bonds is 8. The fraction of sp³-hybridized carbons (Fsp3) is 0.357. The highest BCUT2D eigenvalue weighted by Gasteiger charge is 2.54. The quantitative estimate of drug-likeness (QED) is 0.296. The zero-order chi connectivity index (χ0) is 26.4. The van der Waals surface area contributed by atoms with Gasteiger partial charge in [0.05, 0.1) is 5.75 Å². The summed E-state index contributed by atoms with van der Waals surface area (Å²) in [6, 6.07) is 13.2. The normalized spacial score (nSPS) is 24.2. The molecule has 3 heterocycles. The number of carbonyl (C=O) groups is 4. The molecule has 3 aliphatic heterocycles. The van der Waals surface area contributed by atoms with Crippen LogP contribution in [0.2, 0.25) is 0 Å². The molecule has 3 amide bonds. The van der Waals surface area contributed by atoms with Crippen LogP contribution >= 0.6 is 23.5 Å². The third-order valence-electron chi connectivity index (χ3n) is 7.34. The van der Waals surface area contributed by atoms with Gasteiger partial charge in [-0.25, -0.2) is 4.79 Å². The predicted molar refractivity (Wildman–Crippen MR) is 146 cm³/mol. The van der Waals surface area contributed by atoms with Crippen LogP contribution in [-0.2, 0) is 19.2 Å². The molecule has 2 N–H and O–H groups in total. The SMILES string of the molecule is O=C(CSc1ccc2ccccc2c1)NC1C(=O)N2C(C(=O)O)=C(/C=C3\CCN(CC4CC4)C3=O)CSC12. The Morgan fingerprint density at radius 2 is 1.92 bits per heavy atom. The third-order valence-corrected chi connectivity index (χ3v) is 9.64. The molecule has 196 valence electrons. The van der Waals surface area contributed by atoms with Gasteiger partial charge in [0, 0.05) is 29.3 Å². The van der Waals surface area contributed by atoms with Gasteiger partial charge in [0.2, 0.25) is 11.8 Å². The highest BCUT2D eigenvalue weighted by atomic mass is 32.2. The Morgan fingerprint density at radius 1 is 1.13 bits per heavy atom. The Labute approximate surface area is 228 Å². The number of carboxylic acids is 1. The number of hydrogen-bond acceptors (Lipinski definition) is 6. The first-order valence-corrected chi connectivity index (χ1v) is 14.7. The molecule has 2 saturated heterocycles. The maximum absolute atomic E-state index is 13.0. The van der Waals surface area contributed by atoms with Gasteiger partial charge in [0.1, 0.15) is 17.1 Å². The van der Waals surface area contributed by atoms with Crippen LogP contribution in [0.5, 0.6) is 0 Å². The maximum atomic E-state index is 13.0. The van der Waals surface area contributed by atoms with Crippen LogP contribution in [0.15, 0.2) is 70.3 Å². The smallest absolute Gasteiger partial charge is 0.352 e. The van der Waals surface area contributed by atoms with Crippen LogP contribution in [0, 0.1) is 5.92 Å². The second kappa shape index (κ2) is 10.1. The van der Waals surface area contributed by atoms with Crippen molar-refractivity contribution in [2.24, 2.45) is 5.92 Å². The molecule has 0 bridgehead atoms. The van der Waals surface area contributed by atoms with E-state index in [4.69, 9.17) is 0 Å². The zero-order valence-corrected chi connectivity index (χ0v) is 22.2. The van der Waals surface area contributed by atoms with E-state index < -0.39 is 23.3 Å². The van der Waals surface area contributed by atoms with Gasteiger partial charge >= 0.3 is 5.97 Å². The van der Waals surface area contributed by atoms with E-state index in [2.05, 4.69) is 5.32 Å². The molecule has 1 saturated carbocycles. The number of hydrogen-bond donors (Lipinski definition) is 2. The zero-order valence-electron chi connectivity index (χ0n) is 20.6. The van der Waals surface area contributed by atoms with Crippen molar-refractivity contribution in [2.75, 3.05) is 24.6 Å². The van der Waals surface area contributed by atoms with Crippen molar-refractivity contribution >= 4 is 58.0 Å². The number of likely N-dealkylation sites (tertiary alicyclic amines) is 1. The lowest BCUT2D eigenvalue weighted by Crippen LogP contribution is -2.70. The van der Waals surface area contributed by atoms with E-state index in [9.17, 15) is 24.3 Å². The lowest BCUT2D eigenvalue weighted by Gasteiger charge is -2.49. The summed E-state index contributed by atoms with van der Waals surface area (Å²) in [6.07, 6.45) is 4.57. The molecule has 0 radical (unpaired) electrons. The van der Waals surface area contributed by atoms with Gasteiger partial charge in [-0.2, -0.15) is 0 Å². The van der Waals surface area contributed by atoms with E-state index in [1.807, 2.05) is 47.4 Å². The summed E-state index contributed by atoms with van der Waals surface area (Å²) < 4.78 is 0. The summed E-state index contributed by atoms with van der Waals surface area (Å²) in [7, 11) is 0. The minimum Gasteiger partial charge on any atom is -0.477 e. The van der Waals surface area contributed by atoms with E-state index in [0.717, 1.165) is 35.1 Å². The van der Waals surface area contributed by atoms with Gasteiger partial charge < -0.3 is 15.3 Å². The first kappa shape index (κ1) is 25.1. The molecule has 10 heteroatoms. The molecule has 6 rings (SSSR count). The number of allylic oxidation sites excluding steroid dienone is 1. The van der Waals surface area contributed by atoms with Gasteiger partial charge in [-0.05, 0) is 59.7 Å². The summed E-state index contributed by atoms with van der Waals surface area (Å²) in [5.74, 6) is -0.853. The first-order chi connectivity index (χ1) is 18.4. The highest BCUT2D eigenvalue weighted by molar-refractivity contribution is 8.00. The molecule has 1 aliphatic carbocycles. The van der Waals surface area contributed by atoms with E-state index in [0.29, 0.717) is 35.8 Å². The molecule has 2 atom stereocenters. The molecule has 3 fully saturated rings. The largest absolute Gasteiger partial charge is 0.477 e. The number of nitrogens with zero attached hydrogens (tertiary/aromatic N) is 2. The predicted octanol–water partition coefficient (Wildman–Crippen LogP) is 3.24. The van der Waals surface area contributed by atoms with Crippen LogP contribution in [0.25, 0.3) is 10.8 Å².